The second kappa shape index (κ2) is 7.64. The molecule has 0 atom stereocenters. The summed E-state index contributed by atoms with van der Waals surface area (Å²) in [5.41, 5.74) is 1.99. The van der Waals surface area contributed by atoms with Gasteiger partial charge >= 0.3 is 6.03 Å². The van der Waals surface area contributed by atoms with Crippen molar-refractivity contribution in [2.24, 2.45) is 0 Å². The maximum absolute atomic E-state index is 13.2. The van der Waals surface area contributed by atoms with Crippen molar-refractivity contribution in [3.63, 3.8) is 0 Å². The van der Waals surface area contributed by atoms with Gasteiger partial charge in [-0.2, -0.15) is 5.10 Å². The van der Waals surface area contributed by atoms with E-state index in [1.54, 1.807) is 41.8 Å². The molecule has 0 aliphatic carbocycles. The first-order valence-electron chi connectivity index (χ1n) is 10.0. The van der Waals surface area contributed by atoms with Crippen LogP contribution in [0.15, 0.2) is 41.2 Å². The Kier molecular flexibility index (Phi) is 5.12. The second-order valence-corrected chi connectivity index (χ2v) is 8.21. The summed E-state index contributed by atoms with van der Waals surface area (Å²) >= 11 is 0. The van der Waals surface area contributed by atoms with Gasteiger partial charge in [0.25, 0.3) is 5.91 Å². The molecule has 0 radical (unpaired) electrons. The molecule has 0 saturated carbocycles. The van der Waals surface area contributed by atoms with Crippen molar-refractivity contribution in [2.75, 3.05) is 11.4 Å². The Balaban J connectivity index is 1.52. The number of aromatic nitrogens is 3. The van der Waals surface area contributed by atoms with Crippen molar-refractivity contribution in [1.29, 1.82) is 0 Å². The number of hydrogen-bond acceptors (Lipinski definition) is 5. The molecule has 1 aliphatic heterocycles. The third-order valence-electron chi connectivity index (χ3n) is 5.74. The lowest BCUT2D eigenvalue weighted by molar-refractivity contribution is -0.123. The van der Waals surface area contributed by atoms with Crippen molar-refractivity contribution >= 4 is 17.6 Å². The maximum Gasteiger partial charge on any atom is 0.332 e. The molecule has 0 unspecified atom stereocenters. The van der Waals surface area contributed by atoms with Crippen molar-refractivity contribution < 1.29 is 18.5 Å². The van der Waals surface area contributed by atoms with Crippen molar-refractivity contribution in [2.45, 2.75) is 46.2 Å². The van der Waals surface area contributed by atoms with Crippen LogP contribution in [-0.4, -0.2) is 43.9 Å². The molecule has 0 N–H and O–H groups in total. The SMILES string of the molecule is Cc1noc(C)c1Cn1cc(N2C(=O)N(CCc3ccc(F)cc3)C(C)(C)C2=O)cn1. The summed E-state index contributed by atoms with van der Waals surface area (Å²) in [5.74, 6) is 0.0840. The van der Waals surface area contributed by atoms with E-state index in [1.807, 2.05) is 13.8 Å². The van der Waals surface area contributed by atoms with Gasteiger partial charge in [0.1, 0.15) is 17.1 Å². The predicted molar refractivity (Wildman–Crippen MR) is 111 cm³/mol. The van der Waals surface area contributed by atoms with Crippen LogP contribution in [-0.2, 0) is 17.8 Å². The molecule has 1 aromatic carbocycles. The number of carbonyl (C=O) groups is 2. The van der Waals surface area contributed by atoms with Crippen molar-refractivity contribution in [3.8, 4) is 0 Å². The van der Waals surface area contributed by atoms with Gasteiger partial charge in [-0.25, -0.2) is 14.1 Å². The molecule has 0 bridgehead atoms. The number of hydrogen-bond donors (Lipinski definition) is 0. The lowest BCUT2D eigenvalue weighted by atomic mass is 10.0. The van der Waals surface area contributed by atoms with Crippen molar-refractivity contribution in [1.82, 2.24) is 19.8 Å². The highest BCUT2D eigenvalue weighted by molar-refractivity contribution is 6.22. The summed E-state index contributed by atoms with van der Waals surface area (Å²) in [7, 11) is 0. The fourth-order valence-corrected chi connectivity index (χ4v) is 3.77. The fraction of sp³-hybridized carbons (Fsp3) is 0.364. The molecule has 1 saturated heterocycles. The van der Waals surface area contributed by atoms with E-state index >= 15 is 0 Å². The van der Waals surface area contributed by atoms with Crippen molar-refractivity contribution in [3.05, 3.63) is 65.1 Å². The zero-order valence-corrected chi connectivity index (χ0v) is 17.9. The molecule has 0 spiro atoms. The number of benzene rings is 1. The summed E-state index contributed by atoms with van der Waals surface area (Å²) in [5, 5.41) is 8.25. The van der Waals surface area contributed by atoms with Crippen LogP contribution < -0.4 is 4.90 Å². The van der Waals surface area contributed by atoms with Gasteiger partial charge in [-0.1, -0.05) is 17.3 Å². The van der Waals surface area contributed by atoms with E-state index in [0.29, 0.717) is 31.0 Å². The van der Waals surface area contributed by atoms with E-state index in [-0.39, 0.29) is 11.7 Å². The largest absolute Gasteiger partial charge is 0.361 e. The first kappa shape index (κ1) is 20.8. The number of imide groups is 1. The third kappa shape index (κ3) is 3.71. The van der Waals surface area contributed by atoms with Gasteiger partial charge in [-0.15, -0.1) is 0 Å². The molecule has 9 heteroatoms. The van der Waals surface area contributed by atoms with Gasteiger partial charge < -0.3 is 9.42 Å². The summed E-state index contributed by atoms with van der Waals surface area (Å²) < 4.78 is 20.0. The highest BCUT2D eigenvalue weighted by Crippen LogP contribution is 2.32. The average Bonchev–Trinajstić information content (AvgIpc) is 3.35. The lowest BCUT2D eigenvalue weighted by Gasteiger charge is -2.27. The highest BCUT2D eigenvalue weighted by atomic mass is 19.1. The van der Waals surface area contributed by atoms with Gasteiger partial charge in [-0.3, -0.25) is 9.48 Å². The maximum atomic E-state index is 13.2. The molecule has 4 rings (SSSR count). The van der Waals surface area contributed by atoms with Crippen LogP contribution in [0.1, 0.15) is 36.4 Å². The molecule has 8 nitrogen and oxygen atoms in total. The number of halogens is 1. The minimum Gasteiger partial charge on any atom is -0.361 e. The second-order valence-electron chi connectivity index (χ2n) is 8.21. The summed E-state index contributed by atoms with van der Waals surface area (Å²) in [6.07, 6.45) is 3.69. The molecule has 31 heavy (non-hydrogen) atoms. The Hall–Kier alpha value is -3.49. The van der Waals surface area contributed by atoms with E-state index in [2.05, 4.69) is 10.3 Å². The lowest BCUT2D eigenvalue weighted by Crippen LogP contribution is -2.45. The van der Waals surface area contributed by atoms with Crippen LogP contribution in [0.4, 0.5) is 14.9 Å². The Labute approximate surface area is 179 Å². The number of amides is 3. The molecule has 3 aromatic rings. The zero-order chi connectivity index (χ0) is 22.3. The molecular formula is C22H24FN5O3. The predicted octanol–water partition coefficient (Wildman–Crippen LogP) is 3.47. The van der Waals surface area contributed by atoms with Gasteiger partial charge in [-0.05, 0) is 51.8 Å². The molecule has 1 fully saturated rings. The summed E-state index contributed by atoms with van der Waals surface area (Å²) in [4.78, 5) is 29.0. The van der Waals surface area contributed by atoms with Gasteiger partial charge in [0.05, 0.1) is 24.1 Å². The fourth-order valence-electron chi connectivity index (χ4n) is 3.77. The van der Waals surface area contributed by atoms with Crippen LogP contribution in [0.25, 0.3) is 0 Å². The van der Waals surface area contributed by atoms with E-state index in [0.717, 1.165) is 16.8 Å². The molecular weight excluding hydrogens is 401 g/mol. The minimum absolute atomic E-state index is 0.309. The number of nitrogens with zero attached hydrogens (tertiary/aromatic N) is 5. The quantitative estimate of drug-likeness (QED) is 0.565. The Morgan fingerprint density at radius 2 is 1.84 bits per heavy atom. The Morgan fingerprint density at radius 3 is 2.48 bits per heavy atom. The number of aryl methyl sites for hydroxylation is 2. The molecule has 3 heterocycles. The third-order valence-corrected chi connectivity index (χ3v) is 5.74. The average molecular weight is 425 g/mol. The number of urea groups is 1. The smallest absolute Gasteiger partial charge is 0.332 e. The van der Waals surface area contributed by atoms with Crippen LogP contribution in [0.2, 0.25) is 0 Å². The van der Waals surface area contributed by atoms with Crippen LogP contribution in [0.3, 0.4) is 0 Å². The molecule has 1 aliphatic rings. The summed E-state index contributed by atoms with van der Waals surface area (Å²) in [6.45, 7) is 7.90. The van der Waals surface area contributed by atoms with Gasteiger partial charge in [0, 0.05) is 18.3 Å². The van der Waals surface area contributed by atoms with Gasteiger partial charge in [0.2, 0.25) is 0 Å². The number of anilines is 1. The standard InChI is InChI=1S/C22H24FN5O3/c1-14-19(15(2)31-25-14)13-26-12-18(11-24-26)28-20(29)22(3,4)27(21(28)30)10-9-16-5-7-17(23)8-6-16/h5-8,11-12H,9-10,13H2,1-4H3. The highest BCUT2D eigenvalue weighted by Gasteiger charge is 2.51. The zero-order valence-electron chi connectivity index (χ0n) is 17.9. The van der Waals surface area contributed by atoms with E-state index in [1.165, 1.54) is 23.2 Å². The van der Waals surface area contributed by atoms with E-state index in [4.69, 9.17) is 4.52 Å². The monoisotopic (exact) mass is 425 g/mol. The molecule has 162 valence electrons. The number of rotatable bonds is 6. The normalized spacial score (nSPS) is 15.9. The Morgan fingerprint density at radius 1 is 1.13 bits per heavy atom. The first-order chi connectivity index (χ1) is 14.7. The number of carbonyl (C=O) groups excluding carboxylic acids is 2. The van der Waals surface area contributed by atoms with Crippen LogP contribution in [0.5, 0.6) is 0 Å². The molecule has 2 aromatic heterocycles. The van der Waals surface area contributed by atoms with Crippen LogP contribution in [0, 0.1) is 19.7 Å². The van der Waals surface area contributed by atoms with Gasteiger partial charge in [0.15, 0.2) is 0 Å². The molecule has 3 amide bonds. The summed E-state index contributed by atoms with van der Waals surface area (Å²) in [6, 6.07) is 5.74. The first-order valence-corrected chi connectivity index (χ1v) is 10.0. The Bertz CT molecular complexity index is 1110. The minimum atomic E-state index is -0.999. The van der Waals surface area contributed by atoms with E-state index in [9.17, 15) is 14.0 Å². The topological polar surface area (TPSA) is 84.5 Å². The van der Waals surface area contributed by atoms with E-state index < -0.39 is 11.6 Å². The van der Waals surface area contributed by atoms with Crippen LogP contribution >= 0.6 is 0 Å².